The number of rotatable bonds is 4. The lowest BCUT2D eigenvalue weighted by Gasteiger charge is -2.34. The smallest absolute Gasteiger partial charge is 0.275 e. The van der Waals surface area contributed by atoms with Gasteiger partial charge >= 0.3 is 0 Å². The number of para-hydroxylation sites is 2. The molecular formula is C22H18N10O2S. The Morgan fingerprint density at radius 2 is 1.63 bits per heavy atom. The van der Waals surface area contributed by atoms with Gasteiger partial charge in [-0.2, -0.15) is 4.52 Å². The van der Waals surface area contributed by atoms with E-state index >= 15 is 0 Å². The van der Waals surface area contributed by atoms with Crippen LogP contribution in [0.4, 0.5) is 11.5 Å². The molecule has 35 heavy (non-hydrogen) atoms. The van der Waals surface area contributed by atoms with E-state index in [2.05, 4.69) is 35.4 Å². The maximum absolute atomic E-state index is 13.0. The molecule has 0 unspecified atom stereocenters. The molecule has 0 atom stereocenters. The Morgan fingerprint density at radius 1 is 0.886 bits per heavy atom. The predicted octanol–water partition coefficient (Wildman–Crippen LogP) is 1.87. The first kappa shape index (κ1) is 21.0. The highest BCUT2D eigenvalue weighted by Crippen LogP contribution is 2.23. The second-order valence-corrected chi connectivity index (χ2v) is 8.55. The number of hydrogen-bond donors (Lipinski definition) is 1. The maximum atomic E-state index is 13.0. The number of nitrogens with one attached hydrogen (secondary N) is 1. The third kappa shape index (κ3) is 3.91. The van der Waals surface area contributed by atoms with E-state index in [1.54, 1.807) is 31.8 Å². The molecule has 0 spiro atoms. The molecule has 1 N–H and O–H groups in total. The molecular weight excluding hydrogens is 468 g/mol. The van der Waals surface area contributed by atoms with Gasteiger partial charge < -0.3 is 15.1 Å². The number of fused-ring (bicyclic) bond motifs is 3. The van der Waals surface area contributed by atoms with Crippen LogP contribution in [0.1, 0.15) is 20.8 Å². The van der Waals surface area contributed by atoms with E-state index in [4.69, 9.17) is 0 Å². The number of carbonyl (C=O) groups is 2. The summed E-state index contributed by atoms with van der Waals surface area (Å²) in [4.78, 5) is 33.5. The highest BCUT2D eigenvalue weighted by atomic mass is 32.1. The van der Waals surface area contributed by atoms with E-state index < -0.39 is 0 Å². The van der Waals surface area contributed by atoms with Crippen molar-refractivity contribution in [2.45, 2.75) is 0 Å². The van der Waals surface area contributed by atoms with Crippen LogP contribution >= 0.6 is 11.5 Å². The number of nitrogens with zero attached hydrogens (tertiary/aromatic N) is 9. The van der Waals surface area contributed by atoms with Gasteiger partial charge in [0.05, 0.1) is 11.0 Å². The van der Waals surface area contributed by atoms with Crippen LogP contribution in [0.25, 0.3) is 16.7 Å². The molecule has 1 aliphatic rings. The van der Waals surface area contributed by atoms with Crippen LogP contribution in [0.15, 0.2) is 53.9 Å². The number of benzene rings is 2. The summed E-state index contributed by atoms with van der Waals surface area (Å²) in [5.41, 5.74) is 3.73. The van der Waals surface area contributed by atoms with Crippen molar-refractivity contribution in [1.82, 2.24) is 44.4 Å². The summed E-state index contributed by atoms with van der Waals surface area (Å²) in [6, 6.07) is 14.8. The number of anilines is 2. The summed E-state index contributed by atoms with van der Waals surface area (Å²) in [5, 5.41) is 20.6. The third-order valence-electron chi connectivity index (χ3n) is 5.85. The van der Waals surface area contributed by atoms with Gasteiger partial charge in [-0.25, -0.2) is 4.98 Å². The molecule has 6 rings (SSSR count). The lowest BCUT2D eigenvalue weighted by molar-refractivity contribution is 0.0532. The monoisotopic (exact) mass is 486 g/mol. The van der Waals surface area contributed by atoms with Gasteiger partial charge in [0, 0.05) is 42.8 Å². The molecule has 1 fully saturated rings. The molecule has 1 aliphatic heterocycles. The van der Waals surface area contributed by atoms with Crippen molar-refractivity contribution in [2.24, 2.45) is 0 Å². The van der Waals surface area contributed by atoms with E-state index in [9.17, 15) is 9.59 Å². The zero-order valence-corrected chi connectivity index (χ0v) is 19.1. The number of amides is 2. The Bertz CT molecular complexity index is 1530. The zero-order valence-electron chi connectivity index (χ0n) is 18.3. The van der Waals surface area contributed by atoms with Crippen molar-refractivity contribution in [1.29, 1.82) is 0 Å². The van der Waals surface area contributed by atoms with Gasteiger partial charge in [-0.05, 0) is 58.4 Å². The fourth-order valence-electron chi connectivity index (χ4n) is 4.04. The molecule has 2 amide bonds. The average Bonchev–Trinajstić information content (AvgIpc) is 3.62. The minimum atomic E-state index is -0.152. The Morgan fingerprint density at radius 3 is 2.37 bits per heavy atom. The van der Waals surface area contributed by atoms with E-state index in [1.807, 2.05) is 36.4 Å². The van der Waals surface area contributed by atoms with E-state index in [1.165, 1.54) is 0 Å². The molecule has 0 aliphatic carbocycles. The summed E-state index contributed by atoms with van der Waals surface area (Å²) in [6.07, 6.45) is 0. The van der Waals surface area contributed by atoms with Crippen LogP contribution in [0, 0.1) is 0 Å². The number of carbonyl (C=O) groups excluding carboxylic acids is 2. The van der Waals surface area contributed by atoms with Crippen molar-refractivity contribution in [3.8, 4) is 0 Å². The summed E-state index contributed by atoms with van der Waals surface area (Å²) < 4.78 is 5.38. The SMILES string of the molecule is O=C(c1ccc(Nc2nc3ccccc3n3nnnc23)cc1)N1CCN(C(=O)c2csnn2)CC1. The Labute approximate surface area is 202 Å². The molecule has 0 bridgehead atoms. The Hall–Kier alpha value is -4.52. The normalized spacial score (nSPS) is 13.9. The van der Waals surface area contributed by atoms with Crippen LogP contribution < -0.4 is 5.32 Å². The molecule has 13 heteroatoms. The first-order chi connectivity index (χ1) is 17.2. The highest BCUT2D eigenvalue weighted by molar-refractivity contribution is 7.03. The minimum absolute atomic E-state index is 0.0770. The van der Waals surface area contributed by atoms with Crippen molar-refractivity contribution in [3.63, 3.8) is 0 Å². The average molecular weight is 487 g/mol. The first-order valence-corrected chi connectivity index (χ1v) is 11.7. The molecule has 2 aromatic carbocycles. The largest absolute Gasteiger partial charge is 0.337 e. The summed E-state index contributed by atoms with van der Waals surface area (Å²) in [6.45, 7) is 1.83. The molecule has 0 saturated carbocycles. The van der Waals surface area contributed by atoms with Gasteiger partial charge in [0.15, 0.2) is 11.5 Å². The molecule has 1 saturated heterocycles. The van der Waals surface area contributed by atoms with Gasteiger partial charge in [-0.1, -0.05) is 16.6 Å². The van der Waals surface area contributed by atoms with Gasteiger partial charge in [-0.15, -0.1) is 10.2 Å². The van der Waals surface area contributed by atoms with Gasteiger partial charge in [-0.3, -0.25) is 9.59 Å². The second-order valence-electron chi connectivity index (χ2n) is 7.94. The first-order valence-electron chi connectivity index (χ1n) is 10.9. The van der Waals surface area contributed by atoms with Gasteiger partial charge in [0.25, 0.3) is 11.8 Å². The Kier molecular flexibility index (Phi) is 5.22. The molecule has 0 radical (unpaired) electrons. The summed E-state index contributed by atoms with van der Waals surface area (Å²) in [5.74, 6) is 0.288. The molecule has 4 heterocycles. The van der Waals surface area contributed by atoms with Crippen molar-refractivity contribution < 1.29 is 9.59 Å². The molecule has 3 aromatic heterocycles. The van der Waals surface area contributed by atoms with Crippen LogP contribution in [-0.2, 0) is 0 Å². The van der Waals surface area contributed by atoms with Crippen LogP contribution in [0.3, 0.4) is 0 Å². The van der Waals surface area contributed by atoms with E-state index in [0.29, 0.717) is 48.9 Å². The van der Waals surface area contributed by atoms with Crippen LogP contribution in [0.5, 0.6) is 0 Å². The third-order valence-corrected chi connectivity index (χ3v) is 6.36. The fraction of sp³-hybridized carbons (Fsp3) is 0.182. The standard InChI is InChI=1S/C22H18N10O2S/c33-21(30-9-11-31(12-10-30)22(34)17-13-35-29-25-17)14-5-7-15(8-6-14)23-19-20-26-27-28-32(20)18-4-2-1-3-16(18)24-19/h1-8,13H,9-12H2,(H,23,24). The second kappa shape index (κ2) is 8.68. The number of tetrazole rings is 1. The molecule has 12 nitrogen and oxygen atoms in total. The minimum Gasteiger partial charge on any atom is -0.337 e. The quantitative estimate of drug-likeness (QED) is 0.404. The van der Waals surface area contributed by atoms with Gasteiger partial charge in [0.1, 0.15) is 0 Å². The number of piperazine rings is 1. The molecule has 174 valence electrons. The topological polar surface area (TPSA) is 134 Å². The van der Waals surface area contributed by atoms with Crippen LogP contribution in [0.2, 0.25) is 0 Å². The number of aromatic nitrogens is 7. The fourth-order valence-corrected chi connectivity index (χ4v) is 4.47. The van der Waals surface area contributed by atoms with Crippen molar-refractivity contribution in [2.75, 3.05) is 31.5 Å². The van der Waals surface area contributed by atoms with Crippen molar-refractivity contribution in [3.05, 3.63) is 65.2 Å². The summed E-state index contributed by atoms with van der Waals surface area (Å²) in [7, 11) is 0. The van der Waals surface area contributed by atoms with Crippen LogP contribution in [-0.4, -0.2) is 82.4 Å². The Balaban J connectivity index is 1.14. The lowest BCUT2D eigenvalue weighted by atomic mass is 10.1. The number of hydrogen-bond acceptors (Lipinski definition) is 10. The predicted molar refractivity (Wildman–Crippen MR) is 128 cm³/mol. The van der Waals surface area contributed by atoms with E-state index in [-0.39, 0.29) is 11.8 Å². The lowest BCUT2D eigenvalue weighted by Crippen LogP contribution is -2.50. The van der Waals surface area contributed by atoms with Crippen molar-refractivity contribution >= 4 is 51.5 Å². The maximum Gasteiger partial charge on any atom is 0.275 e. The highest BCUT2D eigenvalue weighted by Gasteiger charge is 2.26. The summed E-state index contributed by atoms with van der Waals surface area (Å²) >= 11 is 1.14. The van der Waals surface area contributed by atoms with E-state index in [0.717, 1.165) is 28.3 Å². The zero-order chi connectivity index (χ0) is 23.8. The molecule has 5 aromatic rings. The van der Waals surface area contributed by atoms with Gasteiger partial charge in [0.2, 0.25) is 5.65 Å².